The molecule has 162 valence electrons. The molecule has 9 heteroatoms. The molecule has 0 saturated heterocycles. The first-order chi connectivity index (χ1) is 14.9. The van der Waals surface area contributed by atoms with Gasteiger partial charge in [-0.3, -0.25) is 14.6 Å². The number of carbonyl (C=O) groups excluding carboxylic acids is 2. The second-order valence-corrected chi connectivity index (χ2v) is 8.51. The number of ether oxygens (including phenoxy) is 1. The third-order valence-electron chi connectivity index (χ3n) is 5.54. The number of nitrogens with one attached hydrogen (secondary N) is 1. The highest BCUT2D eigenvalue weighted by Crippen LogP contribution is 2.35. The Labute approximate surface area is 190 Å². The standard InChI is InChI=1S/C22H22Cl2N4O3/c1-13(29)31-17-6-4-16(5-7-17)28-12-15(9-14-3-2-8-26-21(14)28)22(30)27-20-18(23)10-25-11-19(20)24/h2-3,8,10-12,16-17H,4-7,9H2,1H3,(H,25,27,30). The first kappa shape index (κ1) is 21.6. The number of hydrogen-bond donors (Lipinski definition) is 1. The zero-order chi connectivity index (χ0) is 22.0. The van der Waals surface area contributed by atoms with Crippen LogP contribution in [0, 0.1) is 0 Å². The van der Waals surface area contributed by atoms with Crippen molar-refractivity contribution >= 4 is 46.6 Å². The minimum Gasteiger partial charge on any atom is -0.463 e. The molecule has 2 aromatic heterocycles. The largest absolute Gasteiger partial charge is 0.463 e. The molecule has 0 atom stereocenters. The van der Waals surface area contributed by atoms with E-state index in [0.717, 1.165) is 37.1 Å². The van der Waals surface area contributed by atoms with Gasteiger partial charge in [0.15, 0.2) is 0 Å². The van der Waals surface area contributed by atoms with Gasteiger partial charge in [0.05, 0.1) is 15.7 Å². The lowest BCUT2D eigenvalue weighted by atomic mass is 9.90. The Kier molecular flexibility index (Phi) is 6.43. The Morgan fingerprint density at radius 1 is 1.16 bits per heavy atom. The second kappa shape index (κ2) is 9.24. The van der Waals surface area contributed by atoms with E-state index >= 15 is 0 Å². The van der Waals surface area contributed by atoms with Crippen molar-refractivity contribution in [2.45, 2.75) is 51.2 Å². The minimum absolute atomic E-state index is 0.0514. The Morgan fingerprint density at radius 3 is 2.55 bits per heavy atom. The van der Waals surface area contributed by atoms with Crippen molar-refractivity contribution in [1.29, 1.82) is 0 Å². The maximum atomic E-state index is 13.1. The number of nitrogens with zero attached hydrogens (tertiary/aromatic N) is 3. The lowest BCUT2D eigenvalue weighted by molar-refractivity contribution is -0.147. The van der Waals surface area contributed by atoms with Crippen LogP contribution in [0.5, 0.6) is 0 Å². The number of anilines is 2. The predicted octanol–water partition coefficient (Wildman–Crippen LogP) is 4.54. The fourth-order valence-electron chi connectivity index (χ4n) is 4.10. The van der Waals surface area contributed by atoms with E-state index in [1.807, 2.05) is 18.3 Å². The van der Waals surface area contributed by atoms with E-state index in [9.17, 15) is 9.59 Å². The molecule has 4 rings (SSSR count). The SMILES string of the molecule is CC(=O)OC1CCC(N2C=C(C(=O)Nc3c(Cl)cncc3Cl)Cc3cccnc32)CC1. The molecule has 1 amide bonds. The number of halogens is 2. The third kappa shape index (κ3) is 4.83. The van der Waals surface area contributed by atoms with Crippen LogP contribution in [0.25, 0.3) is 0 Å². The van der Waals surface area contributed by atoms with Gasteiger partial charge in [0.2, 0.25) is 0 Å². The Bertz CT molecular complexity index is 1010. The van der Waals surface area contributed by atoms with Crippen LogP contribution in [0.2, 0.25) is 10.0 Å². The average Bonchev–Trinajstić information content (AvgIpc) is 2.75. The quantitative estimate of drug-likeness (QED) is 0.673. The van der Waals surface area contributed by atoms with Crippen LogP contribution in [0.15, 0.2) is 42.5 Å². The first-order valence-corrected chi connectivity index (χ1v) is 10.9. The van der Waals surface area contributed by atoms with Crippen LogP contribution in [-0.2, 0) is 20.7 Å². The molecule has 1 fully saturated rings. The fraction of sp³-hybridized carbons (Fsp3) is 0.364. The minimum atomic E-state index is -0.275. The van der Waals surface area contributed by atoms with Crippen LogP contribution in [0.1, 0.15) is 38.2 Å². The Balaban J connectivity index is 1.56. The summed E-state index contributed by atoms with van der Waals surface area (Å²) in [5.74, 6) is 0.332. The van der Waals surface area contributed by atoms with Crippen LogP contribution in [0.4, 0.5) is 11.5 Å². The van der Waals surface area contributed by atoms with Gasteiger partial charge >= 0.3 is 5.97 Å². The third-order valence-corrected chi connectivity index (χ3v) is 6.11. The Morgan fingerprint density at radius 2 is 1.87 bits per heavy atom. The van der Waals surface area contributed by atoms with Crippen LogP contribution in [-0.4, -0.2) is 34.0 Å². The van der Waals surface area contributed by atoms with Gasteiger partial charge in [-0.05, 0) is 37.3 Å². The number of fused-ring (bicyclic) bond motifs is 1. The molecule has 31 heavy (non-hydrogen) atoms. The molecule has 1 aliphatic carbocycles. The average molecular weight is 461 g/mol. The highest BCUT2D eigenvalue weighted by atomic mass is 35.5. The number of esters is 1. The number of pyridine rings is 2. The topological polar surface area (TPSA) is 84.4 Å². The second-order valence-electron chi connectivity index (χ2n) is 7.70. The normalized spacial score (nSPS) is 20.5. The molecule has 7 nitrogen and oxygen atoms in total. The lowest BCUT2D eigenvalue weighted by Gasteiger charge is -2.38. The van der Waals surface area contributed by atoms with Gasteiger partial charge in [0.25, 0.3) is 5.91 Å². The molecule has 1 saturated carbocycles. The molecular formula is C22H22Cl2N4O3. The molecule has 2 aromatic rings. The monoisotopic (exact) mass is 460 g/mol. The molecule has 1 N–H and O–H groups in total. The number of amides is 1. The summed E-state index contributed by atoms with van der Waals surface area (Å²) in [7, 11) is 0. The van der Waals surface area contributed by atoms with E-state index in [4.69, 9.17) is 27.9 Å². The summed E-state index contributed by atoms with van der Waals surface area (Å²) >= 11 is 12.3. The summed E-state index contributed by atoms with van der Waals surface area (Å²) in [6.07, 6.45) is 10.1. The summed E-state index contributed by atoms with van der Waals surface area (Å²) in [5.41, 5.74) is 1.91. The zero-order valence-corrected chi connectivity index (χ0v) is 18.5. The highest BCUT2D eigenvalue weighted by molar-refractivity contribution is 6.39. The first-order valence-electron chi connectivity index (χ1n) is 10.1. The molecule has 0 unspecified atom stereocenters. The van der Waals surface area contributed by atoms with Crippen molar-refractivity contribution < 1.29 is 14.3 Å². The van der Waals surface area contributed by atoms with Gasteiger partial charge in [-0.15, -0.1) is 0 Å². The number of aromatic nitrogens is 2. The number of carbonyl (C=O) groups is 2. The maximum absolute atomic E-state index is 13.1. The molecule has 1 aliphatic heterocycles. The van der Waals surface area contributed by atoms with Crippen molar-refractivity contribution in [2.24, 2.45) is 0 Å². The van der Waals surface area contributed by atoms with E-state index in [-0.39, 0.29) is 34.1 Å². The van der Waals surface area contributed by atoms with Gasteiger partial charge in [-0.25, -0.2) is 4.98 Å². The zero-order valence-electron chi connectivity index (χ0n) is 17.0. The van der Waals surface area contributed by atoms with E-state index in [1.54, 1.807) is 6.20 Å². The van der Waals surface area contributed by atoms with Crippen LogP contribution in [0.3, 0.4) is 0 Å². The van der Waals surface area contributed by atoms with Crippen LogP contribution < -0.4 is 10.2 Å². The van der Waals surface area contributed by atoms with Gasteiger partial charge in [-0.2, -0.15) is 0 Å². The van der Waals surface area contributed by atoms with Gasteiger partial charge < -0.3 is 15.0 Å². The summed E-state index contributed by atoms with van der Waals surface area (Å²) in [6, 6.07) is 4.01. The van der Waals surface area contributed by atoms with Crippen LogP contribution >= 0.6 is 23.2 Å². The molecule has 0 bridgehead atoms. The van der Waals surface area contributed by atoms with E-state index in [0.29, 0.717) is 17.7 Å². The van der Waals surface area contributed by atoms with E-state index < -0.39 is 0 Å². The molecule has 2 aliphatic rings. The van der Waals surface area contributed by atoms with E-state index in [1.165, 1.54) is 19.3 Å². The summed E-state index contributed by atoms with van der Waals surface area (Å²) in [5, 5.41) is 3.37. The van der Waals surface area contributed by atoms with Crippen molar-refractivity contribution in [3.8, 4) is 0 Å². The summed E-state index contributed by atoms with van der Waals surface area (Å²) in [4.78, 5) is 34.9. The maximum Gasteiger partial charge on any atom is 0.302 e. The van der Waals surface area contributed by atoms with Crippen molar-refractivity contribution in [1.82, 2.24) is 9.97 Å². The highest BCUT2D eigenvalue weighted by Gasteiger charge is 2.31. The van der Waals surface area contributed by atoms with Crippen molar-refractivity contribution in [2.75, 3.05) is 10.2 Å². The molecule has 3 heterocycles. The molecular weight excluding hydrogens is 439 g/mol. The molecule has 0 radical (unpaired) electrons. The summed E-state index contributed by atoms with van der Waals surface area (Å²) < 4.78 is 5.36. The smallest absolute Gasteiger partial charge is 0.302 e. The van der Waals surface area contributed by atoms with E-state index in [2.05, 4.69) is 20.2 Å². The van der Waals surface area contributed by atoms with Gasteiger partial charge in [-0.1, -0.05) is 29.3 Å². The fourth-order valence-corrected chi connectivity index (χ4v) is 4.56. The van der Waals surface area contributed by atoms with Crippen molar-refractivity contribution in [3.63, 3.8) is 0 Å². The van der Waals surface area contributed by atoms with Gasteiger partial charge in [0, 0.05) is 49.7 Å². The number of rotatable bonds is 4. The Hall–Kier alpha value is -2.64. The van der Waals surface area contributed by atoms with Gasteiger partial charge in [0.1, 0.15) is 11.9 Å². The molecule has 0 aromatic carbocycles. The number of hydrogen-bond acceptors (Lipinski definition) is 6. The van der Waals surface area contributed by atoms with Crippen molar-refractivity contribution in [3.05, 3.63) is 58.1 Å². The predicted molar refractivity (Wildman–Crippen MR) is 119 cm³/mol. The molecule has 0 spiro atoms. The summed E-state index contributed by atoms with van der Waals surface area (Å²) in [6.45, 7) is 1.44. The lowest BCUT2D eigenvalue weighted by Crippen LogP contribution is -2.40.